The number of aromatic nitrogens is 2. The fourth-order valence-electron chi connectivity index (χ4n) is 1.96. The first-order valence-corrected chi connectivity index (χ1v) is 7.34. The molecule has 1 saturated carbocycles. The predicted molar refractivity (Wildman–Crippen MR) is 71.9 cm³/mol. The highest BCUT2D eigenvalue weighted by Gasteiger charge is 2.17. The third kappa shape index (κ3) is 3.36. The van der Waals surface area contributed by atoms with Gasteiger partial charge in [0, 0.05) is 11.4 Å². The van der Waals surface area contributed by atoms with E-state index >= 15 is 0 Å². The topological polar surface area (TPSA) is 52.1 Å². The number of ether oxygens (including phenoxy) is 1. The Labute approximate surface area is 115 Å². The monoisotopic (exact) mass is 286 g/mol. The van der Waals surface area contributed by atoms with Gasteiger partial charge in [0.25, 0.3) is 0 Å². The maximum absolute atomic E-state index is 11.3. The highest BCUT2D eigenvalue weighted by atomic mass is 35.5. The van der Waals surface area contributed by atoms with Crippen LogP contribution in [0.15, 0.2) is 6.20 Å². The van der Waals surface area contributed by atoms with Gasteiger partial charge in [-0.2, -0.15) is 11.8 Å². The standard InChI is InChI=1S/C12H15ClN2O2S/c1-17-12(16)9-6-14-10(15-11(9)13)7-18-8-4-2-3-5-8/h6,8H,2-5,7H2,1H3. The molecule has 6 heteroatoms. The molecule has 0 aromatic carbocycles. The number of thioether (sulfide) groups is 1. The summed E-state index contributed by atoms with van der Waals surface area (Å²) >= 11 is 7.80. The van der Waals surface area contributed by atoms with Gasteiger partial charge in [0.1, 0.15) is 16.5 Å². The normalized spacial score (nSPS) is 15.9. The molecule has 1 heterocycles. The van der Waals surface area contributed by atoms with E-state index in [4.69, 9.17) is 11.6 Å². The Bertz CT molecular complexity index is 436. The van der Waals surface area contributed by atoms with Crippen LogP contribution in [0.3, 0.4) is 0 Å². The van der Waals surface area contributed by atoms with Crippen LogP contribution >= 0.6 is 23.4 Å². The molecule has 1 fully saturated rings. The van der Waals surface area contributed by atoms with E-state index in [-0.39, 0.29) is 10.7 Å². The molecule has 1 aliphatic rings. The van der Waals surface area contributed by atoms with Gasteiger partial charge in [0.15, 0.2) is 0 Å². The predicted octanol–water partition coefficient (Wildman–Crippen LogP) is 3.09. The summed E-state index contributed by atoms with van der Waals surface area (Å²) < 4.78 is 4.59. The van der Waals surface area contributed by atoms with E-state index in [0.717, 1.165) is 5.75 Å². The summed E-state index contributed by atoms with van der Waals surface area (Å²) in [5.41, 5.74) is 0.216. The van der Waals surface area contributed by atoms with E-state index in [0.29, 0.717) is 11.1 Å². The number of hydrogen-bond acceptors (Lipinski definition) is 5. The first-order chi connectivity index (χ1) is 8.70. The molecule has 0 amide bonds. The van der Waals surface area contributed by atoms with Crippen LogP contribution in [-0.2, 0) is 10.5 Å². The number of rotatable bonds is 4. The quantitative estimate of drug-likeness (QED) is 0.629. The largest absolute Gasteiger partial charge is 0.465 e. The highest BCUT2D eigenvalue weighted by molar-refractivity contribution is 7.99. The minimum atomic E-state index is -0.505. The Hall–Kier alpha value is -0.810. The van der Waals surface area contributed by atoms with E-state index in [1.807, 2.05) is 11.8 Å². The zero-order chi connectivity index (χ0) is 13.0. The van der Waals surface area contributed by atoms with Gasteiger partial charge < -0.3 is 4.74 Å². The van der Waals surface area contributed by atoms with Crippen molar-refractivity contribution in [1.82, 2.24) is 9.97 Å². The number of hydrogen-bond donors (Lipinski definition) is 0. The molecule has 1 aromatic heterocycles. The van der Waals surface area contributed by atoms with Crippen LogP contribution < -0.4 is 0 Å². The lowest BCUT2D eigenvalue weighted by molar-refractivity contribution is 0.0600. The molecule has 0 unspecified atom stereocenters. The Balaban J connectivity index is 1.97. The number of carbonyl (C=O) groups excluding carboxylic acids is 1. The molecule has 0 bridgehead atoms. The van der Waals surface area contributed by atoms with Crippen molar-refractivity contribution in [3.63, 3.8) is 0 Å². The van der Waals surface area contributed by atoms with Crippen molar-refractivity contribution in [2.75, 3.05) is 7.11 Å². The molecule has 0 aliphatic heterocycles. The van der Waals surface area contributed by atoms with Crippen LogP contribution in [0, 0.1) is 0 Å². The molecule has 4 nitrogen and oxygen atoms in total. The number of esters is 1. The second kappa shape index (κ2) is 6.38. The van der Waals surface area contributed by atoms with Crippen LogP contribution in [0.1, 0.15) is 41.9 Å². The zero-order valence-electron chi connectivity index (χ0n) is 10.2. The number of halogens is 1. The molecule has 1 aliphatic carbocycles. The van der Waals surface area contributed by atoms with E-state index in [1.165, 1.54) is 39.0 Å². The van der Waals surface area contributed by atoms with Gasteiger partial charge >= 0.3 is 5.97 Å². The summed E-state index contributed by atoms with van der Waals surface area (Å²) in [6, 6.07) is 0. The van der Waals surface area contributed by atoms with E-state index < -0.39 is 5.97 Å². The Morgan fingerprint density at radius 1 is 1.56 bits per heavy atom. The fourth-order valence-corrected chi connectivity index (χ4v) is 3.37. The second-order valence-corrected chi connectivity index (χ2v) is 5.85. The summed E-state index contributed by atoms with van der Waals surface area (Å²) in [6.45, 7) is 0. The summed E-state index contributed by atoms with van der Waals surface area (Å²) in [5, 5.41) is 0.881. The number of nitrogens with zero attached hydrogens (tertiary/aromatic N) is 2. The summed E-state index contributed by atoms with van der Waals surface area (Å²) in [7, 11) is 1.31. The second-order valence-electron chi connectivity index (χ2n) is 4.20. The molecule has 0 N–H and O–H groups in total. The van der Waals surface area contributed by atoms with Gasteiger partial charge in [0.05, 0.1) is 12.9 Å². The Morgan fingerprint density at radius 3 is 2.89 bits per heavy atom. The van der Waals surface area contributed by atoms with E-state index in [1.54, 1.807) is 0 Å². The molecular formula is C12H15ClN2O2S. The Morgan fingerprint density at radius 2 is 2.28 bits per heavy atom. The van der Waals surface area contributed by atoms with Gasteiger partial charge in [-0.1, -0.05) is 24.4 Å². The summed E-state index contributed by atoms with van der Waals surface area (Å²) in [4.78, 5) is 19.6. The van der Waals surface area contributed by atoms with E-state index in [2.05, 4.69) is 14.7 Å². The minimum Gasteiger partial charge on any atom is -0.465 e. The maximum Gasteiger partial charge on any atom is 0.342 e. The highest BCUT2D eigenvalue weighted by Crippen LogP contribution is 2.31. The average molecular weight is 287 g/mol. The maximum atomic E-state index is 11.3. The first kappa shape index (κ1) is 13.6. The van der Waals surface area contributed by atoms with Gasteiger partial charge in [0.2, 0.25) is 0 Å². The van der Waals surface area contributed by atoms with Crippen molar-refractivity contribution >= 4 is 29.3 Å². The Kier molecular flexibility index (Phi) is 4.83. The third-order valence-electron chi connectivity index (χ3n) is 2.95. The van der Waals surface area contributed by atoms with Crippen LogP contribution in [0.4, 0.5) is 0 Å². The average Bonchev–Trinajstić information content (AvgIpc) is 2.88. The lowest BCUT2D eigenvalue weighted by atomic mass is 10.3. The van der Waals surface area contributed by atoms with Crippen molar-refractivity contribution in [2.45, 2.75) is 36.7 Å². The van der Waals surface area contributed by atoms with Gasteiger partial charge in [-0.3, -0.25) is 0 Å². The van der Waals surface area contributed by atoms with Crippen molar-refractivity contribution in [1.29, 1.82) is 0 Å². The SMILES string of the molecule is COC(=O)c1cnc(CSC2CCCC2)nc1Cl. The van der Waals surface area contributed by atoms with Crippen LogP contribution in [0.2, 0.25) is 5.15 Å². The van der Waals surface area contributed by atoms with Crippen molar-refractivity contribution in [2.24, 2.45) is 0 Å². The molecule has 0 radical (unpaired) electrons. The van der Waals surface area contributed by atoms with Crippen LogP contribution in [0.5, 0.6) is 0 Å². The van der Waals surface area contributed by atoms with Crippen molar-refractivity contribution < 1.29 is 9.53 Å². The van der Waals surface area contributed by atoms with Gasteiger partial charge in [-0.05, 0) is 12.8 Å². The fraction of sp³-hybridized carbons (Fsp3) is 0.583. The molecule has 1 aromatic rings. The molecule has 0 spiro atoms. The third-order valence-corrected chi connectivity index (χ3v) is 4.60. The molecule has 18 heavy (non-hydrogen) atoms. The van der Waals surface area contributed by atoms with Gasteiger partial charge in [-0.25, -0.2) is 14.8 Å². The number of methoxy groups -OCH3 is 1. The van der Waals surface area contributed by atoms with Gasteiger partial charge in [-0.15, -0.1) is 0 Å². The lowest BCUT2D eigenvalue weighted by Crippen LogP contribution is -2.06. The van der Waals surface area contributed by atoms with Crippen molar-refractivity contribution in [3.05, 3.63) is 22.7 Å². The summed E-state index contributed by atoms with van der Waals surface area (Å²) in [5.74, 6) is 0.908. The lowest BCUT2D eigenvalue weighted by Gasteiger charge is -2.08. The van der Waals surface area contributed by atoms with Crippen molar-refractivity contribution in [3.8, 4) is 0 Å². The molecule has 2 rings (SSSR count). The smallest absolute Gasteiger partial charge is 0.342 e. The molecule has 98 valence electrons. The summed E-state index contributed by atoms with van der Waals surface area (Å²) in [6.07, 6.45) is 6.63. The minimum absolute atomic E-state index is 0.166. The number of carbonyl (C=O) groups is 1. The molecular weight excluding hydrogens is 272 g/mol. The van der Waals surface area contributed by atoms with E-state index in [9.17, 15) is 4.79 Å². The first-order valence-electron chi connectivity index (χ1n) is 5.92. The molecule has 0 atom stereocenters. The van der Waals surface area contributed by atoms with Crippen LogP contribution in [-0.4, -0.2) is 28.3 Å². The van der Waals surface area contributed by atoms with Crippen LogP contribution in [0.25, 0.3) is 0 Å². The molecule has 0 saturated heterocycles. The zero-order valence-corrected chi connectivity index (χ0v) is 11.8.